The molecular formula is C12H23NO. The molecule has 0 saturated carbocycles. The van der Waals surface area contributed by atoms with Crippen LogP contribution in [0, 0.1) is 0 Å². The lowest BCUT2D eigenvalue weighted by molar-refractivity contribution is -0.00353. The number of ether oxygens (including phenoxy) is 1. The molecule has 0 aliphatic carbocycles. The Morgan fingerprint density at radius 2 is 2.21 bits per heavy atom. The standard InChI is InChI=1S/C12H23NO/c1-10(2)14-9-12-6-4-8-13(12)11(3)5-7-12/h10-11H,4-9H2,1-3H3/t11?,12-/m0/s1. The zero-order valence-corrected chi connectivity index (χ0v) is 9.75. The van der Waals surface area contributed by atoms with Crippen molar-refractivity contribution in [2.75, 3.05) is 13.2 Å². The van der Waals surface area contributed by atoms with Gasteiger partial charge in [-0.1, -0.05) is 0 Å². The van der Waals surface area contributed by atoms with Crippen LogP contribution in [-0.4, -0.2) is 35.7 Å². The average Bonchev–Trinajstić information content (AvgIpc) is 2.65. The molecule has 2 atom stereocenters. The van der Waals surface area contributed by atoms with Gasteiger partial charge in [0.05, 0.1) is 12.7 Å². The minimum Gasteiger partial charge on any atom is -0.377 e. The highest BCUT2D eigenvalue weighted by Crippen LogP contribution is 2.42. The molecule has 0 aromatic heterocycles. The highest BCUT2D eigenvalue weighted by molar-refractivity contribution is 5.03. The fourth-order valence-corrected chi connectivity index (χ4v) is 3.10. The molecule has 2 fully saturated rings. The van der Waals surface area contributed by atoms with Gasteiger partial charge in [0.25, 0.3) is 0 Å². The Morgan fingerprint density at radius 1 is 1.43 bits per heavy atom. The average molecular weight is 197 g/mol. The molecule has 2 rings (SSSR count). The molecule has 14 heavy (non-hydrogen) atoms. The first kappa shape index (κ1) is 10.4. The largest absolute Gasteiger partial charge is 0.377 e. The summed E-state index contributed by atoms with van der Waals surface area (Å²) >= 11 is 0. The first-order valence-corrected chi connectivity index (χ1v) is 6.02. The Bertz CT molecular complexity index is 204. The van der Waals surface area contributed by atoms with Gasteiger partial charge in [0.15, 0.2) is 0 Å². The normalized spacial score (nSPS) is 38.1. The topological polar surface area (TPSA) is 12.5 Å². The van der Waals surface area contributed by atoms with Gasteiger partial charge >= 0.3 is 0 Å². The first-order valence-electron chi connectivity index (χ1n) is 6.02. The third-order valence-corrected chi connectivity index (χ3v) is 3.90. The van der Waals surface area contributed by atoms with Crippen LogP contribution < -0.4 is 0 Å². The summed E-state index contributed by atoms with van der Waals surface area (Å²) in [6, 6.07) is 0.785. The molecule has 2 heteroatoms. The molecule has 0 N–H and O–H groups in total. The quantitative estimate of drug-likeness (QED) is 0.689. The number of hydrogen-bond acceptors (Lipinski definition) is 2. The Labute approximate surface area is 87.6 Å². The van der Waals surface area contributed by atoms with Gasteiger partial charge in [0.1, 0.15) is 0 Å². The van der Waals surface area contributed by atoms with E-state index in [-0.39, 0.29) is 0 Å². The van der Waals surface area contributed by atoms with Crippen LogP contribution in [0.25, 0.3) is 0 Å². The van der Waals surface area contributed by atoms with E-state index in [1.807, 2.05) is 0 Å². The Morgan fingerprint density at radius 3 is 2.93 bits per heavy atom. The van der Waals surface area contributed by atoms with Crippen LogP contribution in [0.3, 0.4) is 0 Å². The van der Waals surface area contributed by atoms with Gasteiger partial charge in [-0.3, -0.25) is 4.90 Å². The van der Waals surface area contributed by atoms with E-state index in [4.69, 9.17) is 4.74 Å². The number of hydrogen-bond donors (Lipinski definition) is 0. The van der Waals surface area contributed by atoms with Crippen molar-refractivity contribution >= 4 is 0 Å². The van der Waals surface area contributed by atoms with Crippen molar-refractivity contribution in [2.45, 2.75) is 64.1 Å². The van der Waals surface area contributed by atoms with Crippen molar-refractivity contribution in [1.82, 2.24) is 4.90 Å². The van der Waals surface area contributed by atoms with E-state index >= 15 is 0 Å². The van der Waals surface area contributed by atoms with Crippen molar-refractivity contribution in [3.63, 3.8) is 0 Å². The molecule has 0 aromatic carbocycles. The summed E-state index contributed by atoms with van der Waals surface area (Å²) in [5.74, 6) is 0. The Balaban J connectivity index is 1.99. The van der Waals surface area contributed by atoms with Crippen molar-refractivity contribution < 1.29 is 4.74 Å². The summed E-state index contributed by atoms with van der Waals surface area (Å²) in [7, 11) is 0. The fraction of sp³-hybridized carbons (Fsp3) is 1.00. The van der Waals surface area contributed by atoms with E-state index in [9.17, 15) is 0 Å². The zero-order chi connectivity index (χ0) is 10.2. The van der Waals surface area contributed by atoms with Crippen LogP contribution in [0.15, 0.2) is 0 Å². The van der Waals surface area contributed by atoms with Crippen LogP contribution in [-0.2, 0) is 4.74 Å². The molecule has 0 spiro atoms. The van der Waals surface area contributed by atoms with E-state index in [0.29, 0.717) is 11.6 Å². The molecule has 2 aliphatic rings. The summed E-state index contributed by atoms with van der Waals surface area (Å²) in [6.07, 6.45) is 5.81. The Hall–Kier alpha value is -0.0800. The smallest absolute Gasteiger partial charge is 0.0654 e. The highest BCUT2D eigenvalue weighted by atomic mass is 16.5. The maximum atomic E-state index is 5.84. The molecule has 0 radical (unpaired) electrons. The maximum Gasteiger partial charge on any atom is 0.0654 e. The molecule has 1 unspecified atom stereocenters. The molecule has 2 aliphatic heterocycles. The van der Waals surface area contributed by atoms with E-state index in [1.165, 1.54) is 32.2 Å². The van der Waals surface area contributed by atoms with Gasteiger partial charge < -0.3 is 4.74 Å². The van der Waals surface area contributed by atoms with Crippen molar-refractivity contribution in [2.24, 2.45) is 0 Å². The number of rotatable bonds is 3. The third-order valence-electron chi connectivity index (χ3n) is 3.90. The SMILES string of the molecule is CC(C)OC[C@@]12CCCN1C(C)CC2. The second kappa shape index (κ2) is 3.82. The van der Waals surface area contributed by atoms with Gasteiger partial charge in [-0.15, -0.1) is 0 Å². The van der Waals surface area contributed by atoms with E-state index in [0.717, 1.165) is 12.6 Å². The molecule has 0 bridgehead atoms. The van der Waals surface area contributed by atoms with Crippen LogP contribution >= 0.6 is 0 Å². The molecular weight excluding hydrogens is 174 g/mol. The maximum absolute atomic E-state index is 5.84. The zero-order valence-electron chi connectivity index (χ0n) is 9.75. The minimum absolute atomic E-state index is 0.378. The highest BCUT2D eigenvalue weighted by Gasteiger charge is 2.47. The lowest BCUT2D eigenvalue weighted by atomic mass is 9.95. The van der Waals surface area contributed by atoms with Gasteiger partial charge in [-0.05, 0) is 53.0 Å². The predicted molar refractivity (Wildman–Crippen MR) is 58.5 cm³/mol. The fourth-order valence-electron chi connectivity index (χ4n) is 3.10. The van der Waals surface area contributed by atoms with Crippen LogP contribution in [0.5, 0.6) is 0 Å². The molecule has 2 saturated heterocycles. The first-order chi connectivity index (χ1) is 6.64. The van der Waals surface area contributed by atoms with E-state index in [2.05, 4.69) is 25.7 Å². The van der Waals surface area contributed by atoms with Crippen LogP contribution in [0.2, 0.25) is 0 Å². The van der Waals surface area contributed by atoms with Crippen molar-refractivity contribution in [3.8, 4) is 0 Å². The lowest BCUT2D eigenvalue weighted by Gasteiger charge is -2.34. The summed E-state index contributed by atoms with van der Waals surface area (Å²) < 4.78 is 5.84. The summed E-state index contributed by atoms with van der Waals surface area (Å²) in [6.45, 7) is 8.88. The van der Waals surface area contributed by atoms with Gasteiger partial charge in [0, 0.05) is 11.6 Å². The predicted octanol–water partition coefficient (Wildman–Crippen LogP) is 2.43. The summed E-state index contributed by atoms with van der Waals surface area (Å²) in [5, 5.41) is 0. The molecule has 2 heterocycles. The van der Waals surface area contributed by atoms with Gasteiger partial charge in [0.2, 0.25) is 0 Å². The molecule has 0 aromatic rings. The molecule has 0 amide bonds. The summed E-state index contributed by atoms with van der Waals surface area (Å²) in [4.78, 5) is 2.69. The number of nitrogens with zero attached hydrogens (tertiary/aromatic N) is 1. The molecule has 2 nitrogen and oxygen atoms in total. The van der Waals surface area contributed by atoms with Gasteiger partial charge in [-0.2, -0.15) is 0 Å². The molecule has 82 valence electrons. The summed E-state index contributed by atoms with van der Waals surface area (Å²) in [5.41, 5.74) is 0.420. The van der Waals surface area contributed by atoms with Crippen LogP contribution in [0.4, 0.5) is 0 Å². The lowest BCUT2D eigenvalue weighted by Crippen LogP contribution is -2.45. The second-order valence-electron chi connectivity index (χ2n) is 5.27. The monoisotopic (exact) mass is 197 g/mol. The van der Waals surface area contributed by atoms with Crippen molar-refractivity contribution in [3.05, 3.63) is 0 Å². The van der Waals surface area contributed by atoms with Crippen LogP contribution in [0.1, 0.15) is 46.5 Å². The van der Waals surface area contributed by atoms with Crippen molar-refractivity contribution in [1.29, 1.82) is 0 Å². The second-order valence-corrected chi connectivity index (χ2v) is 5.27. The minimum atomic E-state index is 0.378. The third kappa shape index (κ3) is 1.70. The van der Waals surface area contributed by atoms with E-state index in [1.54, 1.807) is 0 Å². The van der Waals surface area contributed by atoms with E-state index < -0.39 is 0 Å². The number of fused-ring (bicyclic) bond motifs is 1. The Kier molecular flexibility index (Phi) is 2.85. The van der Waals surface area contributed by atoms with Gasteiger partial charge in [-0.25, -0.2) is 0 Å².